The molecule has 4 N–H and O–H groups in total. The summed E-state index contributed by atoms with van der Waals surface area (Å²) in [6.07, 6.45) is 1.56. The first-order valence-electron chi connectivity index (χ1n) is 7.76. The number of halogens is 1. The van der Waals surface area contributed by atoms with Gasteiger partial charge in [-0.15, -0.1) is 0 Å². The molecule has 2 aromatic rings. The Labute approximate surface area is 146 Å². The lowest BCUT2D eigenvalue weighted by molar-refractivity contribution is 0.174. The van der Waals surface area contributed by atoms with E-state index in [0.717, 1.165) is 35.4 Å². The molecule has 1 aromatic heterocycles. The standard InChI is InChI=1S/C17H21ClN4O2/c1-9-10(15(19)22-16(20)21-9)4-5-17(2,3)11-6-13-14(7-12(11)18)24-8-23-13/h6-7H,4-5,8H2,1-3H3,(H4,19,20,21,22). The average Bonchev–Trinajstić information content (AvgIpc) is 2.92. The smallest absolute Gasteiger partial charge is 0.231 e. The summed E-state index contributed by atoms with van der Waals surface area (Å²) in [4.78, 5) is 8.25. The quantitative estimate of drug-likeness (QED) is 0.880. The van der Waals surface area contributed by atoms with Gasteiger partial charge in [0.2, 0.25) is 12.7 Å². The zero-order chi connectivity index (χ0) is 17.5. The van der Waals surface area contributed by atoms with E-state index in [-0.39, 0.29) is 18.2 Å². The van der Waals surface area contributed by atoms with Crippen LogP contribution in [0, 0.1) is 6.92 Å². The minimum atomic E-state index is -0.182. The van der Waals surface area contributed by atoms with Gasteiger partial charge in [-0.2, -0.15) is 4.98 Å². The molecule has 0 unspecified atom stereocenters. The fourth-order valence-electron chi connectivity index (χ4n) is 2.96. The molecule has 24 heavy (non-hydrogen) atoms. The normalized spacial score (nSPS) is 13.3. The van der Waals surface area contributed by atoms with Gasteiger partial charge < -0.3 is 20.9 Å². The van der Waals surface area contributed by atoms with Crippen molar-refractivity contribution in [3.05, 3.63) is 34.0 Å². The SMILES string of the molecule is Cc1nc(N)nc(N)c1CCC(C)(C)c1cc2c(cc1Cl)OCO2. The van der Waals surface area contributed by atoms with Crippen LogP contribution in [-0.4, -0.2) is 16.8 Å². The van der Waals surface area contributed by atoms with Crippen LogP contribution in [0.5, 0.6) is 11.5 Å². The third kappa shape index (κ3) is 3.06. The number of hydrogen-bond donors (Lipinski definition) is 2. The Hall–Kier alpha value is -2.21. The van der Waals surface area contributed by atoms with Crippen molar-refractivity contribution < 1.29 is 9.47 Å². The van der Waals surface area contributed by atoms with E-state index < -0.39 is 0 Å². The third-order valence-electron chi connectivity index (χ3n) is 4.45. The highest BCUT2D eigenvalue weighted by molar-refractivity contribution is 6.31. The van der Waals surface area contributed by atoms with Crippen LogP contribution >= 0.6 is 11.6 Å². The first kappa shape index (κ1) is 16.6. The van der Waals surface area contributed by atoms with Crippen molar-refractivity contribution in [1.82, 2.24) is 9.97 Å². The number of aryl methyl sites for hydroxylation is 1. The van der Waals surface area contributed by atoms with Gasteiger partial charge >= 0.3 is 0 Å². The molecule has 0 atom stereocenters. The van der Waals surface area contributed by atoms with Crippen LogP contribution in [0.4, 0.5) is 11.8 Å². The highest BCUT2D eigenvalue weighted by atomic mass is 35.5. The molecule has 0 amide bonds. The van der Waals surface area contributed by atoms with E-state index in [2.05, 4.69) is 23.8 Å². The number of fused-ring (bicyclic) bond motifs is 1. The second-order valence-electron chi connectivity index (χ2n) is 6.60. The molecule has 7 heteroatoms. The molecule has 1 aliphatic heterocycles. The number of hydrogen-bond acceptors (Lipinski definition) is 6. The summed E-state index contributed by atoms with van der Waals surface area (Å²) >= 11 is 6.46. The van der Waals surface area contributed by atoms with Crippen molar-refractivity contribution in [2.45, 2.75) is 39.0 Å². The Balaban J connectivity index is 1.85. The Morgan fingerprint density at radius 1 is 1.17 bits per heavy atom. The van der Waals surface area contributed by atoms with Crippen LogP contribution in [-0.2, 0) is 11.8 Å². The summed E-state index contributed by atoms with van der Waals surface area (Å²) in [6.45, 7) is 6.40. The van der Waals surface area contributed by atoms with Crippen LogP contribution in [0.25, 0.3) is 0 Å². The summed E-state index contributed by atoms with van der Waals surface area (Å²) < 4.78 is 10.8. The van der Waals surface area contributed by atoms with E-state index in [1.54, 1.807) is 0 Å². The molecule has 3 rings (SSSR count). The maximum atomic E-state index is 6.46. The number of nitrogens with zero attached hydrogens (tertiary/aromatic N) is 2. The predicted molar refractivity (Wildman–Crippen MR) is 94.5 cm³/mol. The predicted octanol–water partition coefficient (Wildman–Crippen LogP) is 3.24. The number of benzene rings is 1. The molecule has 0 saturated carbocycles. The van der Waals surface area contributed by atoms with Crippen molar-refractivity contribution in [2.75, 3.05) is 18.3 Å². The van der Waals surface area contributed by atoms with Crippen molar-refractivity contribution in [1.29, 1.82) is 0 Å². The van der Waals surface area contributed by atoms with Gasteiger partial charge in [0.25, 0.3) is 0 Å². The molecule has 1 aliphatic rings. The van der Waals surface area contributed by atoms with Crippen molar-refractivity contribution in [3.63, 3.8) is 0 Å². The number of nitrogens with two attached hydrogens (primary N) is 2. The molecule has 0 fully saturated rings. The molecule has 128 valence electrons. The topological polar surface area (TPSA) is 96.3 Å². The van der Waals surface area contributed by atoms with Crippen molar-refractivity contribution >= 4 is 23.4 Å². The molecule has 0 aliphatic carbocycles. The number of nitrogen functional groups attached to an aromatic ring is 2. The molecule has 0 spiro atoms. The fraction of sp³-hybridized carbons (Fsp3) is 0.412. The minimum Gasteiger partial charge on any atom is -0.454 e. The molecular formula is C17H21ClN4O2. The van der Waals surface area contributed by atoms with Gasteiger partial charge in [0.1, 0.15) is 5.82 Å². The van der Waals surface area contributed by atoms with E-state index in [9.17, 15) is 0 Å². The lowest BCUT2D eigenvalue weighted by Crippen LogP contribution is -2.20. The molecule has 6 nitrogen and oxygen atoms in total. The number of ether oxygens (including phenoxy) is 2. The van der Waals surface area contributed by atoms with Gasteiger partial charge in [-0.25, -0.2) is 4.98 Å². The molecule has 2 heterocycles. The average molecular weight is 349 g/mol. The van der Waals surface area contributed by atoms with E-state index in [0.29, 0.717) is 16.6 Å². The second kappa shape index (κ2) is 6.02. The van der Waals surface area contributed by atoms with Gasteiger partial charge in [0, 0.05) is 22.3 Å². The third-order valence-corrected chi connectivity index (χ3v) is 4.77. The van der Waals surface area contributed by atoms with Gasteiger partial charge in [-0.1, -0.05) is 25.4 Å². The van der Waals surface area contributed by atoms with E-state index in [4.69, 9.17) is 32.5 Å². The molecule has 1 aromatic carbocycles. The first-order chi connectivity index (χ1) is 11.3. The maximum absolute atomic E-state index is 6.46. The first-order valence-corrected chi connectivity index (χ1v) is 8.14. The summed E-state index contributed by atoms with van der Waals surface area (Å²) in [7, 11) is 0. The van der Waals surface area contributed by atoms with Gasteiger partial charge in [-0.3, -0.25) is 0 Å². The fourth-order valence-corrected chi connectivity index (χ4v) is 3.37. The Morgan fingerprint density at radius 2 is 1.83 bits per heavy atom. The number of aromatic nitrogens is 2. The number of rotatable bonds is 4. The van der Waals surface area contributed by atoms with Gasteiger partial charge in [0.15, 0.2) is 11.5 Å². The maximum Gasteiger partial charge on any atom is 0.231 e. The zero-order valence-corrected chi connectivity index (χ0v) is 14.8. The molecule has 0 radical (unpaired) electrons. The van der Waals surface area contributed by atoms with Crippen LogP contribution in [0.15, 0.2) is 12.1 Å². The van der Waals surface area contributed by atoms with E-state index in [1.165, 1.54) is 0 Å². The summed E-state index contributed by atoms with van der Waals surface area (Å²) in [5, 5.41) is 0.669. The van der Waals surface area contributed by atoms with Crippen LogP contribution in [0.3, 0.4) is 0 Å². The summed E-state index contributed by atoms with van der Waals surface area (Å²) in [5.41, 5.74) is 14.2. The highest BCUT2D eigenvalue weighted by Crippen LogP contribution is 2.42. The Morgan fingerprint density at radius 3 is 2.50 bits per heavy atom. The van der Waals surface area contributed by atoms with Crippen LogP contribution in [0.2, 0.25) is 5.02 Å². The largest absolute Gasteiger partial charge is 0.454 e. The molecule has 0 bridgehead atoms. The van der Waals surface area contributed by atoms with Crippen molar-refractivity contribution in [3.8, 4) is 11.5 Å². The summed E-state index contributed by atoms with van der Waals surface area (Å²) in [6, 6.07) is 3.77. The van der Waals surface area contributed by atoms with Crippen LogP contribution in [0.1, 0.15) is 37.1 Å². The van der Waals surface area contributed by atoms with E-state index in [1.807, 2.05) is 19.1 Å². The zero-order valence-electron chi connectivity index (χ0n) is 14.0. The van der Waals surface area contributed by atoms with E-state index >= 15 is 0 Å². The highest BCUT2D eigenvalue weighted by Gasteiger charge is 2.27. The van der Waals surface area contributed by atoms with Gasteiger partial charge in [-0.05, 0) is 36.8 Å². The monoisotopic (exact) mass is 348 g/mol. The van der Waals surface area contributed by atoms with Crippen molar-refractivity contribution in [2.24, 2.45) is 0 Å². The number of anilines is 2. The minimum absolute atomic E-state index is 0.182. The Kier molecular flexibility index (Phi) is 4.17. The lowest BCUT2D eigenvalue weighted by atomic mass is 9.79. The molecular weight excluding hydrogens is 328 g/mol. The summed E-state index contributed by atoms with van der Waals surface area (Å²) in [5.74, 6) is 2.06. The lowest BCUT2D eigenvalue weighted by Gasteiger charge is -2.27. The van der Waals surface area contributed by atoms with Gasteiger partial charge in [0.05, 0.1) is 0 Å². The second-order valence-corrected chi connectivity index (χ2v) is 7.01. The van der Waals surface area contributed by atoms with Crippen LogP contribution < -0.4 is 20.9 Å². The Bertz CT molecular complexity index is 769. The molecule has 0 saturated heterocycles.